The van der Waals surface area contributed by atoms with Gasteiger partial charge in [-0.2, -0.15) is 0 Å². The molecule has 35 heavy (non-hydrogen) atoms. The molecule has 2 aromatic rings. The van der Waals surface area contributed by atoms with Crippen molar-refractivity contribution in [2.75, 3.05) is 11.9 Å². The number of benzene rings is 2. The molecular formula is C23H19Cl2N3O7. The number of ether oxygens (including phenoxy) is 1. The average Bonchev–Trinajstić information content (AvgIpc) is 3.13. The van der Waals surface area contributed by atoms with Crippen LogP contribution < -0.4 is 10.1 Å². The van der Waals surface area contributed by atoms with Crippen LogP contribution in [-0.2, 0) is 14.4 Å². The van der Waals surface area contributed by atoms with Crippen molar-refractivity contribution in [2.24, 2.45) is 0 Å². The summed E-state index contributed by atoms with van der Waals surface area (Å²) in [5.74, 6) is -1.98. The number of halogens is 2. The smallest absolute Gasteiger partial charge is 0.311 e. The lowest BCUT2D eigenvalue weighted by molar-refractivity contribution is -0.384. The zero-order valence-electron chi connectivity index (χ0n) is 18.2. The number of anilines is 1. The highest BCUT2D eigenvalue weighted by Gasteiger charge is 2.22. The summed E-state index contributed by atoms with van der Waals surface area (Å²) < 4.78 is 5.34. The van der Waals surface area contributed by atoms with Gasteiger partial charge in [0.1, 0.15) is 5.75 Å². The maximum absolute atomic E-state index is 12.8. The summed E-state index contributed by atoms with van der Waals surface area (Å²) in [6.45, 7) is 0.270. The summed E-state index contributed by atoms with van der Waals surface area (Å²) in [5, 5.41) is 13.6. The third-order valence-corrected chi connectivity index (χ3v) is 5.53. The van der Waals surface area contributed by atoms with Crippen LogP contribution in [-0.4, -0.2) is 40.1 Å². The molecule has 1 N–H and O–H groups in total. The summed E-state index contributed by atoms with van der Waals surface area (Å²) in [7, 11) is 0. The second-order valence-electron chi connectivity index (χ2n) is 7.46. The molecule has 0 unspecified atom stereocenters. The first kappa shape index (κ1) is 25.9. The third-order valence-electron chi connectivity index (χ3n) is 4.98. The van der Waals surface area contributed by atoms with Gasteiger partial charge in [0, 0.05) is 42.3 Å². The van der Waals surface area contributed by atoms with Crippen LogP contribution in [0.25, 0.3) is 0 Å². The van der Waals surface area contributed by atoms with E-state index in [1.165, 1.54) is 42.5 Å². The molecular weight excluding hydrogens is 501 g/mol. The molecule has 0 aromatic heterocycles. The van der Waals surface area contributed by atoms with E-state index in [4.69, 9.17) is 27.9 Å². The molecule has 182 valence electrons. The zero-order valence-corrected chi connectivity index (χ0v) is 19.7. The first-order valence-corrected chi connectivity index (χ1v) is 11.2. The van der Waals surface area contributed by atoms with Crippen LogP contribution in [0.5, 0.6) is 5.75 Å². The lowest BCUT2D eigenvalue weighted by Gasteiger charge is -2.13. The minimum atomic E-state index is -0.681. The molecule has 3 rings (SSSR count). The fraction of sp³-hybridized carbons (Fsp3) is 0.217. The third kappa shape index (κ3) is 6.87. The van der Waals surface area contributed by atoms with E-state index < -0.39 is 16.8 Å². The van der Waals surface area contributed by atoms with Crippen LogP contribution in [0, 0.1) is 10.1 Å². The Labute approximate surface area is 209 Å². The van der Waals surface area contributed by atoms with E-state index in [0.29, 0.717) is 19.3 Å². The largest absolute Gasteiger partial charge is 0.426 e. The minimum Gasteiger partial charge on any atom is -0.426 e. The number of nitrogens with zero attached hydrogens (tertiary/aromatic N) is 2. The quantitative estimate of drug-likeness (QED) is 0.121. The standard InChI is InChI=1S/C23H19Cl2N3O7/c24-14-5-8-19(35-22(31)4-2-1-3-11-27-20(29)9-10-21(27)30)16(12-14)23(32)26-18-7-6-15(28(33)34)13-17(18)25/h5-10,12-13H,1-4,11H2,(H,26,32). The molecule has 0 fully saturated rings. The number of nitrogens with one attached hydrogen (secondary N) is 1. The fourth-order valence-electron chi connectivity index (χ4n) is 3.22. The van der Waals surface area contributed by atoms with Gasteiger partial charge in [-0.1, -0.05) is 29.6 Å². The fourth-order valence-corrected chi connectivity index (χ4v) is 3.61. The molecule has 0 saturated carbocycles. The summed E-state index contributed by atoms with van der Waals surface area (Å²) in [6.07, 6.45) is 4.06. The second-order valence-corrected chi connectivity index (χ2v) is 8.31. The van der Waals surface area contributed by atoms with Crippen LogP contribution in [0.15, 0.2) is 48.6 Å². The van der Waals surface area contributed by atoms with Crippen LogP contribution in [0.4, 0.5) is 11.4 Å². The Morgan fingerprint density at radius 2 is 1.71 bits per heavy atom. The lowest BCUT2D eigenvalue weighted by Crippen LogP contribution is -2.30. The molecule has 1 aliphatic heterocycles. The Balaban J connectivity index is 1.56. The van der Waals surface area contributed by atoms with Gasteiger partial charge >= 0.3 is 5.97 Å². The van der Waals surface area contributed by atoms with E-state index in [1.807, 2.05) is 0 Å². The number of non-ortho nitro benzene ring substituents is 1. The summed E-state index contributed by atoms with van der Waals surface area (Å²) in [6, 6.07) is 7.72. The number of hydrogen-bond acceptors (Lipinski definition) is 7. The number of carbonyl (C=O) groups is 4. The number of rotatable bonds is 10. The molecule has 0 atom stereocenters. The monoisotopic (exact) mass is 519 g/mol. The van der Waals surface area contributed by atoms with Gasteiger partial charge in [-0.25, -0.2) is 0 Å². The molecule has 2 aromatic carbocycles. The Bertz CT molecular complexity index is 1210. The SMILES string of the molecule is O=C(CCCCCN1C(=O)C=CC1=O)Oc1ccc(Cl)cc1C(=O)Nc1ccc([N+](=O)[O-])cc1Cl. The number of nitro groups is 1. The number of carbonyl (C=O) groups excluding carboxylic acids is 4. The van der Waals surface area contributed by atoms with Gasteiger partial charge in [0.05, 0.1) is 21.2 Å². The molecule has 0 radical (unpaired) electrons. The van der Waals surface area contributed by atoms with Gasteiger partial charge in [0.15, 0.2) is 0 Å². The number of imide groups is 1. The molecule has 0 saturated heterocycles. The number of hydrogen-bond donors (Lipinski definition) is 1. The van der Waals surface area contributed by atoms with Crippen LogP contribution in [0.2, 0.25) is 10.0 Å². The number of nitro benzene ring substituents is 1. The van der Waals surface area contributed by atoms with Crippen LogP contribution in [0.1, 0.15) is 36.0 Å². The molecule has 1 heterocycles. The van der Waals surface area contributed by atoms with Crippen molar-refractivity contribution in [3.8, 4) is 5.75 Å². The summed E-state index contributed by atoms with van der Waals surface area (Å²) in [4.78, 5) is 59.5. The van der Waals surface area contributed by atoms with E-state index in [2.05, 4.69) is 5.32 Å². The van der Waals surface area contributed by atoms with Gasteiger partial charge in [0.2, 0.25) is 0 Å². The number of amides is 3. The van der Waals surface area contributed by atoms with E-state index in [0.717, 1.165) is 11.0 Å². The van der Waals surface area contributed by atoms with Crippen molar-refractivity contribution in [1.82, 2.24) is 4.90 Å². The highest BCUT2D eigenvalue weighted by atomic mass is 35.5. The Morgan fingerprint density at radius 3 is 2.37 bits per heavy atom. The number of esters is 1. The minimum absolute atomic E-state index is 0.0192. The normalized spacial score (nSPS) is 12.7. The van der Waals surface area contributed by atoms with Crippen molar-refractivity contribution >= 4 is 58.3 Å². The van der Waals surface area contributed by atoms with Gasteiger partial charge in [-0.15, -0.1) is 0 Å². The Kier molecular flexibility index (Phi) is 8.56. The molecule has 10 nitrogen and oxygen atoms in total. The van der Waals surface area contributed by atoms with E-state index >= 15 is 0 Å². The summed E-state index contributed by atoms with van der Waals surface area (Å²) >= 11 is 12.0. The van der Waals surface area contributed by atoms with Gasteiger partial charge in [0.25, 0.3) is 23.4 Å². The van der Waals surface area contributed by atoms with Gasteiger partial charge < -0.3 is 10.1 Å². The topological polar surface area (TPSA) is 136 Å². The van der Waals surface area contributed by atoms with Crippen molar-refractivity contribution in [3.63, 3.8) is 0 Å². The highest BCUT2D eigenvalue weighted by molar-refractivity contribution is 6.34. The van der Waals surface area contributed by atoms with Crippen LogP contribution in [0.3, 0.4) is 0 Å². The molecule has 1 aliphatic rings. The van der Waals surface area contributed by atoms with E-state index in [9.17, 15) is 29.3 Å². The predicted octanol–water partition coefficient (Wildman–Crippen LogP) is 4.54. The van der Waals surface area contributed by atoms with Gasteiger partial charge in [-0.3, -0.25) is 34.2 Å². The van der Waals surface area contributed by atoms with Crippen molar-refractivity contribution < 1.29 is 28.8 Å². The summed E-state index contributed by atoms with van der Waals surface area (Å²) in [5.41, 5.74) is -0.135. The van der Waals surface area contributed by atoms with Crippen LogP contribution >= 0.6 is 23.2 Å². The first-order chi connectivity index (χ1) is 16.7. The van der Waals surface area contributed by atoms with Crippen molar-refractivity contribution in [2.45, 2.75) is 25.7 Å². The Hall–Kier alpha value is -3.76. The molecule has 0 aliphatic carbocycles. The molecule has 3 amide bonds. The van der Waals surface area contributed by atoms with Crippen molar-refractivity contribution in [3.05, 3.63) is 74.3 Å². The first-order valence-electron chi connectivity index (χ1n) is 10.4. The molecule has 12 heteroatoms. The zero-order chi connectivity index (χ0) is 25.5. The Morgan fingerprint density at radius 1 is 1.00 bits per heavy atom. The van der Waals surface area contributed by atoms with E-state index in [1.54, 1.807) is 0 Å². The molecule has 0 bridgehead atoms. The average molecular weight is 520 g/mol. The van der Waals surface area contributed by atoms with E-state index in [-0.39, 0.29) is 57.5 Å². The second kappa shape index (κ2) is 11.6. The van der Waals surface area contributed by atoms with Gasteiger partial charge in [-0.05, 0) is 37.1 Å². The maximum Gasteiger partial charge on any atom is 0.311 e. The highest BCUT2D eigenvalue weighted by Crippen LogP contribution is 2.29. The lowest BCUT2D eigenvalue weighted by atomic mass is 10.1. The molecule has 0 spiro atoms. The predicted molar refractivity (Wildman–Crippen MR) is 127 cm³/mol. The van der Waals surface area contributed by atoms with Crippen molar-refractivity contribution in [1.29, 1.82) is 0 Å². The maximum atomic E-state index is 12.8. The number of unbranched alkanes of at least 4 members (excludes halogenated alkanes) is 2.